The van der Waals surface area contributed by atoms with Crippen LogP contribution >= 0.6 is 0 Å². The number of aromatic nitrogens is 1. The van der Waals surface area contributed by atoms with Crippen molar-refractivity contribution in [2.45, 2.75) is 45.1 Å². The van der Waals surface area contributed by atoms with E-state index in [0.29, 0.717) is 25.9 Å². The molecule has 1 N–H and O–H groups in total. The van der Waals surface area contributed by atoms with Gasteiger partial charge < -0.3 is 14.8 Å². The van der Waals surface area contributed by atoms with E-state index in [0.717, 1.165) is 43.4 Å². The Morgan fingerprint density at radius 2 is 2.08 bits per heavy atom. The van der Waals surface area contributed by atoms with E-state index in [2.05, 4.69) is 5.32 Å². The molecule has 132 valence electrons. The summed E-state index contributed by atoms with van der Waals surface area (Å²) in [6, 6.07) is 1.99. The van der Waals surface area contributed by atoms with E-state index in [1.807, 2.05) is 11.0 Å². The Hall–Kier alpha value is -2.62. The van der Waals surface area contributed by atoms with Gasteiger partial charge in [0.05, 0.1) is 0 Å². The normalized spacial score (nSPS) is 16.0. The van der Waals surface area contributed by atoms with Crippen molar-refractivity contribution >= 4 is 11.8 Å². The van der Waals surface area contributed by atoms with E-state index in [1.165, 1.54) is 4.57 Å². The van der Waals surface area contributed by atoms with Crippen molar-refractivity contribution in [2.75, 3.05) is 19.6 Å². The summed E-state index contributed by atoms with van der Waals surface area (Å²) in [4.78, 5) is 37.8. The maximum atomic E-state index is 12.4. The number of nitrogens with one attached hydrogen (secondary N) is 1. The van der Waals surface area contributed by atoms with Crippen LogP contribution in [0.15, 0.2) is 11.0 Å². The number of nitriles is 1. The molecular weight excluding hydrogens is 320 g/mol. The third-order valence-corrected chi connectivity index (χ3v) is 4.87. The average Bonchev–Trinajstić information content (AvgIpc) is 3.21. The number of fused-ring (bicyclic) bond motifs is 1. The molecule has 1 saturated heterocycles. The van der Waals surface area contributed by atoms with Crippen LogP contribution in [0.25, 0.3) is 0 Å². The third-order valence-electron chi connectivity index (χ3n) is 4.87. The molecule has 1 aliphatic carbocycles. The average molecular weight is 342 g/mol. The Bertz CT molecular complexity index is 791. The van der Waals surface area contributed by atoms with Crippen LogP contribution in [-0.4, -0.2) is 40.9 Å². The van der Waals surface area contributed by atoms with E-state index in [4.69, 9.17) is 0 Å². The molecule has 0 unspecified atom stereocenters. The number of rotatable bonds is 6. The molecule has 0 aromatic carbocycles. The van der Waals surface area contributed by atoms with Crippen molar-refractivity contribution in [1.29, 1.82) is 5.26 Å². The van der Waals surface area contributed by atoms with Gasteiger partial charge in [0, 0.05) is 32.3 Å². The molecule has 1 fully saturated rings. The standard InChI is InChI=1S/C18H22N4O3/c19-10-15-14-5-1-4-13(14)11-22(18(15)25)12-16(23)20-7-3-9-21-8-2-6-17(21)24/h11H,1-9,12H2,(H,20,23). The van der Waals surface area contributed by atoms with Crippen LogP contribution < -0.4 is 10.9 Å². The summed E-state index contributed by atoms with van der Waals surface area (Å²) in [5.74, 6) is -0.0725. The predicted octanol–water partition coefficient (Wildman–Crippen LogP) is 0.337. The largest absolute Gasteiger partial charge is 0.354 e. The van der Waals surface area contributed by atoms with Gasteiger partial charge in [-0.2, -0.15) is 5.26 Å². The molecule has 1 aromatic heterocycles. The van der Waals surface area contributed by atoms with Gasteiger partial charge in [-0.3, -0.25) is 14.4 Å². The predicted molar refractivity (Wildman–Crippen MR) is 90.9 cm³/mol. The molecule has 2 heterocycles. The first kappa shape index (κ1) is 17.2. The number of aryl methyl sites for hydroxylation is 1. The molecule has 0 saturated carbocycles. The first-order valence-corrected chi connectivity index (χ1v) is 8.80. The number of carbonyl (C=O) groups excluding carboxylic acids is 2. The molecule has 2 amide bonds. The highest BCUT2D eigenvalue weighted by Crippen LogP contribution is 2.22. The van der Waals surface area contributed by atoms with Crippen molar-refractivity contribution in [2.24, 2.45) is 0 Å². The van der Waals surface area contributed by atoms with Gasteiger partial charge in [0.1, 0.15) is 18.2 Å². The summed E-state index contributed by atoms with van der Waals surface area (Å²) < 4.78 is 1.34. The van der Waals surface area contributed by atoms with Crippen LogP contribution in [0.2, 0.25) is 0 Å². The lowest BCUT2D eigenvalue weighted by atomic mass is 10.1. The van der Waals surface area contributed by atoms with Crippen molar-refractivity contribution in [1.82, 2.24) is 14.8 Å². The Balaban J connectivity index is 1.54. The van der Waals surface area contributed by atoms with Gasteiger partial charge in [-0.1, -0.05) is 0 Å². The second-order valence-corrected chi connectivity index (χ2v) is 6.59. The lowest BCUT2D eigenvalue weighted by molar-refractivity contribution is -0.127. The highest BCUT2D eigenvalue weighted by molar-refractivity contribution is 5.78. The minimum atomic E-state index is -0.388. The van der Waals surface area contributed by atoms with Crippen molar-refractivity contribution < 1.29 is 9.59 Å². The smallest absolute Gasteiger partial charge is 0.269 e. The van der Waals surface area contributed by atoms with Crippen LogP contribution in [0.5, 0.6) is 0 Å². The second kappa shape index (κ2) is 7.51. The summed E-state index contributed by atoms with van der Waals surface area (Å²) in [5, 5.41) is 12.0. The fraction of sp³-hybridized carbons (Fsp3) is 0.556. The quantitative estimate of drug-likeness (QED) is 0.754. The number of hydrogen-bond acceptors (Lipinski definition) is 4. The topological polar surface area (TPSA) is 95.2 Å². The number of carbonyl (C=O) groups is 2. The third kappa shape index (κ3) is 3.73. The van der Waals surface area contributed by atoms with Gasteiger partial charge in [0.2, 0.25) is 11.8 Å². The molecule has 0 bridgehead atoms. The molecule has 7 heteroatoms. The van der Waals surface area contributed by atoms with E-state index >= 15 is 0 Å². The summed E-state index contributed by atoms with van der Waals surface area (Å²) >= 11 is 0. The van der Waals surface area contributed by atoms with Crippen LogP contribution in [0.4, 0.5) is 0 Å². The Labute approximate surface area is 146 Å². The molecule has 1 aliphatic heterocycles. The summed E-state index contributed by atoms with van der Waals surface area (Å²) in [7, 11) is 0. The van der Waals surface area contributed by atoms with Crippen LogP contribution in [0.3, 0.4) is 0 Å². The molecule has 0 spiro atoms. The van der Waals surface area contributed by atoms with Gasteiger partial charge in [-0.05, 0) is 43.2 Å². The maximum Gasteiger partial charge on any atom is 0.269 e. The maximum absolute atomic E-state index is 12.4. The molecule has 1 aromatic rings. The summed E-state index contributed by atoms with van der Waals surface area (Å²) in [6.45, 7) is 1.83. The Morgan fingerprint density at radius 3 is 2.80 bits per heavy atom. The van der Waals surface area contributed by atoms with Crippen LogP contribution in [0.1, 0.15) is 42.4 Å². The highest BCUT2D eigenvalue weighted by Gasteiger charge is 2.21. The van der Waals surface area contributed by atoms with Crippen molar-refractivity contribution in [3.05, 3.63) is 33.2 Å². The summed E-state index contributed by atoms with van der Waals surface area (Å²) in [6.07, 6.45) is 6.48. The zero-order chi connectivity index (χ0) is 17.8. The Kier molecular flexibility index (Phi) is 5.17. The minimum Gasteiger partial charge on any atom is -0.354 e. The molecule has 3 rings (SSSR count). The molecular formula is C18H22N4O3. The fourth-order valence-electron chi connectivity index (χ4n) is 3.60. The van der Waals surface area contributed by atoms with Gasteiger partial charge in [0.15, 0.2) is 0 Å². The van der Waals surface area contributed by atoms with E-state index in [1.54, 1.807) is 6.20 Å². The van der Waals surface area contributed by atoms with Crippen LogP contribution in [0, 0.1) is 11.3 Å². The second-order valence-electron chi connectivity index (χ2n) is 6.59. The van der Waals surface area contributed by atoms with Gasteiger partial charge in [-0.15, -0.1) is 0 Å². The molecule has 0 atom stereocenters. The van der Waals surface area contributed by atoms with E-state index < -0.39 is 0 Å². The summed E-state index contributed by atoms with van der Waals surface area (Å²) in [5.41, 5.74) is 1.63. The number of hydrogen-bond donors (Lipinski definition) is 1. The zero-order valence-electron chi connectivity index (χ0n) is 14.2. The van der Waals surface area contributed by atoms with Crippen LogP contribution in [-0.2, 0) is 29.0 Å². The molecule has 0 radical (unpaired) electrons. The lowest BCUT2D eigenvalue weighted by Gasteiger charge is -2.15. The SMILES string of the molecule is N#Cc1c2c(cn(CC(=O)NCCCN3CCCC3=O)c1=O)CCC2. The van der Waals surface area contributed by atoms with Gasteiger partial charge >= 0.3 is 0 Å². The molecule has 7 nitrogen and oxygen atoms in total. The van der Waals surface area contributed by atoms with Crippen molar-refractivity contribution in [3.8, 4) is 6.07 Å². The fourth-order valence-corrected chi connectivity index (χ4v) is 3.60. The zero-order valence-corrected chi connectivity index (χ0v) is 14.2. The van der Waals surface area contributed by atoms with E-state index in [-0.39, 0.29) is 29.5 Å². The monoisotopic (exact) mass is 342 g/mol. The number of nitrogens with zero attached hydrogens (tertiary/aromatic N) is 3. The number of pyridine rings is 1. The van der Waals surface area contributed by atoms with E-state index in [9.17, 15) is 19.6 Å². The highest BCUT2D eigenvalue weighted by atomic mass is 16.2. The van der Waals surface area contributed by atoms with Gasteiger partial charge in [0.25, 0.3) is 5.56 Å². The van der Waals surface area contributed by atoms with Crippen molar-refractivity contribution in [3.63, 3.8) is 0 Å². The molecule has 2 aliphatic rings. The number of likely N-dealkylation sites (tertiary alicyclic amines) is 1. The first-order chi connectivity index (χ1) is 12.1. The lowest BCUT2D eigenvalue weighted by Crippen LogP contribution is -2.35. The Morgan fingerprint density at radius 1 is 1.24 bits per heavy atom. The minimum absolute atomic E-state index is 0.0799. The first-order valence-electron chi connectivity index (χ1n) is 8.80. The van der Waals surface area contributed by atoms with Gasteiger partial charge in [-0.25, -0.2) is 0 Å². The number of amides is 2. The molecule has 25 heavy (non-hydrogen) atoms.